The molecule has 0 aliphatic rings. The van der Waals surface area contributed by atoms with Gasteiger partial charge >= 0.3 is 0 Å². The van der Waals surface area contributed by atoms with E-state index in [4.69, 9.17) is 21.4 Å². The maximum absolute atomic E-state index is 12.6. The minimum Gasteiger partial charge on any atom is -0.397 e. The third-order valence-electron chi connectivity index (χ3n) is 13.7. The van der Waals surface area contributed by atoms with Crippen molar-refractivity contribution in [1.29, 1.82) is 0 Å². The summed E-state index contributed by atoms with van der Waals surface area (Å²) in [5.41, 5.74) is 24.8. The normalized spacial score (nSPS) is 11.0. The van der Waals surface area contributed by atoms with E-state index in [0.29, 0.717) is 37.4 Å². The molecule has 0 atom stereocenters. The van der Waals surface area contributed by atoms with Crippen LogP contribution < -0.4 is 43.4 Å². The van der Waals surface area contributed by atoms with Crippen LogP contribution in [0.2, 0.25) is 0 Å². The van der Waals surface area contributed by atoms with Gasteiger partial charge in [0, 0.05) is 31.8 Å². The number of thiophene rings is 3. The van der Waals surface area contributed by atoms with Crippen molar-refractivity contribution < 1.29 is 14.4 Å². The third-order valence-corrected chi connectivity index (χ3v) is 19.8. The Morgan fingerprint density at radius 2 is 0.787 bits per heavy atom. The monoisotopic (exact) mass is 1290 g/mol. The van der Waals surface area contributed by atoms with Crippen LogP contribution in [0.5, 0.6) is 0 Å². The Hall–Kier alpha value is -10.1. The van der Waals surface area contributed by atoms with E-state index in [0.717, 1.165) is 108 Å². The average Bonchev–Trinajstić information content (AvgIpc) is 2.03. The summed E-state index contributed by atoms with van der Waals surface area (Å²) in [6.45, 7) is 10.0. The summed E-state index contributed by atoms with van der Waals surface area (Å²) in [6, 6.07) is 43.3. The van der Waals surface area contributed by atoms with Gasteiger partial charge in [0.25, 0.3) is 17.7 Å². The van der Waals surface area contributed by atoms with Crippen LogP contribution in [-0.2, 0) is 0 Å². The number of aryl methyl sites for hydroxylation is 5. The summed E-state index contributed by atoms with van der Waals surface area (Å²) < 4.78 is 6.24. The summed E-state index contributed by atoms with van der Waals surface area (Å²) in [4.78, 5) is 69.6. The fraction of sp³-hybridized carbons (Fsp3) is 0.0952. The predicted octanol–water partition coefficient (Wildman–Crippen LogP) is 15.4. The molecule has 0 aliphatic heterocycles. The Labute approximate surface area is 533 Å². The number of benzene rings is 2. The van der Waals surface area contributed by atoms with Crippen LogP contribution in [0.15, 0.2) is 164 Å². The lowest BCUT2D eigenvalue weighted by molar-refractivity contribution is 0.0965. The van der Waals surface area contributed by atoms with Crippen molar-refractivity contribution in [2.24, 2.45) is 0 Å². The largest absolute Gasteiger partial charge is 0.397 e. The van der Waals surface area contributed by atoms with Crippen LogP contribution >= 0.6 is 68.0 Å². The van der Waals surface area contributed by atoms with E-state index >= 15 is 0 Å². The Balaban J connectivity index is 0.000000131. The van der Waals surface area contributed by atoms with Gasteiger partial charge in [-0.2, -0.15) is 0 Å². The first kappa shape index (κ1) is 59.3. The van der Waals surface area contributed by atoms with Crippen molar-refractivity contribution in [2.75, 3.05) is 45.1 Å². The van der Waals surface area contributed by atoms with E-state index in [1.54, 1.807) is 83.5 Å². The molecule has 0 spiro atoms. The minimum absolute atomic E-state index is 0.0840. The Morgan fingerprint density at radius 3 is 1.21 bits per heavy atom. The number of nitrogens with two attached hydrogens (primary N) is 2. The van der Waals surface area contributed by atoms with Crippen molar-refractivity contribution in [3.05, 3.63) is 207 Å². The number of thiazole rings is 3. The lowest BCUT2D eigenvalue weighted by atomic mass is 10.2. The molecule has 10 N–H and O–H groups in total. The Bertz CT molecular complexity index is 4700. The van der Waals surface area contributed by atoms with E-state index in [1.807, 2.05) is 156 Å². The minimum atomic E-state index is -0.196. The molecule has 0 aliphatic carbocycles. The van der Waals surface area contributed by atoms with Crippen molar-refractivity contribution in [3.8, 4) is 31.7 Å². The highest BCUT2D eigenvalue weighted by Crippen LogP contribution is 2.40. The second-order valence-corrected chi connectivity index (χ2v) is 26.1. The van der Waals surface area contributed by atoms with Crippen molar-refractivity contribution >= 4 is 156 Å². The van der Waals surface area contributed by atoms with E-state index in [1.165, 1.54) is 34.0 Å². The molecule has 12 aromatic heterocycles. The topological polar surface area (TPSA) is 266 Å². The molecule has 0 unspecified atom stereocenters. The highest BCUT2D eigenvalue weighted by atomic mass is 32.1. The Kier molecular flexibility index (Phi) is 17.1. The number of hydrogen-bond acceptors (Lipinski definition) is 20. The molecule has 0 fully saturated rings. The number of nitrogens with zero attached hydrogens (tertiary/aromatic N) is 9. The zero-order valence-corrected chi connectivity index (χ0v) is 53.3. The molecule has 89 heavy (non-hydrogen) atoms. The van der Waals surface area contributed by atoms with Crippen LogP contribution in [0.3, 0.4) is 0 Å². The predicted molar refractivity (Wildman–Crippen MR) is 366 cm³/mol. The van der Waals surface area contributed by atoms with Gasteiger partial charge in [-0.25, -0.2) is 29.9 Å². The molecule has 446 valence electrons. The first-order valence-electron chi connectivity index (χ1n) is 27.5. The smallest absolute Gasteiger partial charge is 0.265 e. The zero-order valence-electron chi connectivity index (χ0n) is 48.4. The summed E-state index contributed by atoms with van der Waals surface area (Å²) >= 11 is 8.83. The molecule has 12 heterocycles. The van der Waals surface area contributed by atoms with Crippen LogP contribution in [0.25, 0.3) is 48.7 Å². The number of hydrogen-bond donors (Lipinski definition) is 8. The first-order chi connectivity index (χ1) is 43.1. The highest BCUT2D eigenvalue weighted by Gasteiger charge is 2.22. The molecule has 14 aromatic rings. The summed E-state index contributed by atoms with van der Waals surface area (Å²) in [7, 11) is 1.63. The van der Waals surface area contributed by atoms with Crippen LogP contribution in [-0.4, -0.2) is 67.9 Å². The van der Waals surface area contributed by atoms with E-state index in [2.05, 4.69) is 65.0 Å². The van der Waals surface area contributed by atoms with Crippen LogP contribution in [0.4, 0.5) is 53.1 Å². The number of imidazole rings is 3. The lowest BCUT2D eigenvalue weighted by Crippen LogP contribution is -2.15. The van der Waals surface area contributed by atoms with Crippen molar-refractivity contribution in [2.45, 2.75) is 34.6 Å². The van der Waals surface area contributed by atoms with E-state index < -0.39 is 0 Å². The summed E-state index contributed by atoms with van der Waals surface area (Å²) in [5.74, 6) is -0.476. The molecule has 14 rings (SSSR count). The van der Waals surface area contributed by atoms with Gasteiger partial charge in [-0.3, -0.25) is 27.6 Å². The molecular weight excluding hydrogens is 1240 g/mol. The Morgan fingerprint density at radius 1 is 0.404 bits per heavy atom. The van der Waals surface area contributed by atoms with Crippen LogP contribution in [0, 0.1) is 34.6 Å². The van der Waals surface area contributed by atoms with E-state index in [-0.39, 0.29) is 17.7 Å². The SMILES string of the molecule is CNC(=O)c1ccc(Nc2ncc(-c3c(C)nc4ccccn34)s2)s1.Cc1nc(Nc2ccc(C(=O)Nc3ccccc3N)s2)sc1-c1c(C)nc2ccccn12.Cc1nc(Nc2ccc(C(=O)Nc3ccccc3N)s2)sc1-c1c(C)nc2ccccn12. The molecule has 26 heteroatoms. The van der Waals surface area contributed by atoms with Gasteiger partial charge in [0.05, 0.1) is 113 Å². The van der Waals surface area contributed by atoms with Gasteiger partial charge < -0.3 is 43.4 Å². The molecule has 0 bridgehead atoms. The average molecular weight is 1290 g/mol. The van der Waals surface area contributed by atoms with Crippen molar-refractivity contribution in [3.63, 3.8) is 0 Å². The first-order valence-corrected chi connectivity index (χ1v) is 32.4. The van der Waals surface area contributed by atoms with Crippen LogP contribution in [0.1, 0.15) is 57.5 Å². The summed E-state index contributed by atoms with van der Waals surface area (Å²) in [5, 5.41) is 23.2. The molecule has 20 nitrogen and oxygen atoms in total. The van der Waals surface area contributed by atoms with Gasteiger partial charge in [-0.1, -0.05) is 76.5 Å². The van der Waals surface area contributed by atoms with E-state index in [9.17, 15) is 14.4 Å². The number of carbonyl (C=O) groups is 3. The number of rotatable bonds is 14. The number of aromatic nitrogens is 9. The molecular formula is C63H55N17O3S6. The van der Waals surface area contributed by atoms with Gasteiger partial charge in [0.1, 0.15) is 16.9 Å². The van der Waals surface area contributed by atoms with Gasteiger partial charge in [-0.15, -0.1) is 34.0 Å². The standard InChI is InChI=1S/2C23H20N6OS2.C17H15N5OS2/c2*1-13-20(29-12-6-5-9-18(29)25-13)21-14(2)26-23(32-21)28-19-11-10-17(31-19)22(30)27-16-8-4-3-7-15(16)24;1-10-15(22-8-4-3-5-13(22)20-10)12-9-19-17(25-12)21-14-7-6-11(24-14)16(23)18-2/h2*3-12H,24H2,1-2H3,(H,26,28)(H,27,30);3-9H,1-2H3,(H,18,23)(H,19,21). The number of anilines is 10. The number of fused-ring (bicyclic) bond motifs is 3. The molecule has 3 amide bonds. The fourth-order valence-corrected chi connectivity index (χ4v) is 15.3. The molecule has 0 saturated carbocycles. The number of pyridine rings is 3. The highest BCUT2D eigenvalue weighted by molar-refractivity contribution is 7.22. The lowest BCUT2D eigenvalue weighted by Gasteiger charge is -2.06. The van der Waals surface area contributed by atoms with Gasteiger partial charge in [-0.05, 0) is 132 Å². The van der Waals surface area contributed by atoms with Crippen molar-refractivity contribution in [1.82, 2.24) is 48.4 Å². The number of nitrogen functional groups attached to an aromatic ring is 2. The third kappa shape index (κ3) is 12.9. The number of para-hydroxylation sites is 4. The van der Waals surface area contributed by atoms with Gasteiger partial charge in [0.15, 0.2) is 15.4 Å². The van der Waals surface area contributed by atoms with Gasteiger partial charge in [0.2, 0.25) is 0 Å². The summed E-state index contributed by atoms with van der Waals surface area (Å²) in [6.07, 6.45) is 7.89. The second-order valence-electron chi connectivity index (χ2n) is 19.8. The quantitative estimate of drug-likeness (QED) is 0.0471. The number of amides is 3. The number of carbonyl (C=O) groups excluding carboxylic acids is 3. The molecule has 2 aromatic carbocycles. The molecule has 0 radical (unpaired) electrons. The maximum Gasteiger partial charge on any atom is 0.265 e. The maximum atomic E-state index is 12.6. The fourth-order valence-electron chi connectivity index (χ4n) is 9.58. The molecule has 0 saturated heterocycles. The number of nitrogens with one attached hydrogen (secondary N) is 6. The zero-order chi connectivity index (χ0) is 61.9. The second kappa shape index (κ2) is 25.7.